The topological polar surface area (TPSA) is 87.0 Å². The van der Waals surface area contributed by atoms with Crippen LogP contribution in [0.1, 0.15) is 18.1 Å². The van der Waals surface area contributed by atoms with E-state index in [9.17, 15) is 5.02 Å². The zero-order valence-electron chi connectivity index (χ0n) is 15.3. The minimum Gasteiger partial charge on any atom is -0.423 e. The Morgan fingerprint density at radius 1 is 1.37 bits per heavy atom. The maximum Gasteiger partial charge on any atom is 0.491 e. The Labute approximate surface area is 161 Å². The molecule has 1 aliphatic heterocycles. The Morgan fingerprint density at radius 3 is 3.00 bits per heavy atom. The van der Waals surface area contributed by atoms with E-state index >= 15 is 0 Å². The number of nitrogens with zero attached hydrogens (tertiary/aromatic N) is 6. The van der Waals surface area contributed by atoms with E-state index in [0.717, 1.165) is 32.2 Å². The van der Waals surface area contributed by atoms with E-state index in [2.05, 4.69) is 20.1 Å². The SMILES string of the molecule is CCN(/N=C/c1ccc2c(c1)COB2O)c1ncnc2nc(N(C)C)sc12. The van der Waals surface area contributed by atoms with Crippen molar-refractivity contribution in [3.8, 4) is 0 Å². The lowest BCUT2D eigenvalue weighted by Gasteiger charge is -2.15. The first-order valence-electron chi connectivity index (χ1n) is 8.59. The summed E-state index contributed by atoms with van der Waals surface area (Å²) >= 11 is 1.54. The number of hydrogen-bond donors (Lipinski definition) is 1. The van der Waals surface area contributed by atoms with Crippen LogP contribution in [0.5, 0.6) is 0 Å². The van der Waals surface area contributed by atoms with Crippen LogP contribution in [0.15, 0.2) is 29.6 Å². The Balaban J connectivity index is 1.65. The summed E-state index contributed by atoms with van der Waals surface area (Å²) in [5.41, 5.74) is 3.41. The van der Waals surface area contributed by atoms with Crippen molar-refractivity contribution in [2.24, 2.45) is 5.10 Å². The number of benzene rings is 1. The number of rotatable bonds is 5. The van der Waals surface area contributed by atoms with Crippen molar-refractivity contribution in [1.29, 1.82) is 0 Å². The van der Waals surface area contributed by atoms with Crippen molar-refractivity contribution < 1.29 is 9.68 Å². The van der Waals surface area contributed by atoms with Crippen molar-refractivity contribution in [2.75, 3.05) is 30.5 Å². The van der Waals surface area contributed by atoms with Gasteiger partial charge in [-0.2, -0.15) is 10.1 Å². The third-order valence-electron chi connectivity index (χ3n) is 4.26. The lowest BCUT2D eigenvalue weighted by Crippen LogP contribution is -2.27. The summed E-state index contributed by atoms with van der Waals surface area (Å²) < 4.78 is 6.15. The van der Waals surface area contributed by atoms with E-state index in [0.29, 0.717) is 18.8 Å². The fourth-order valence-electron chi connectivity index (χ4n) is 2.86. The molecule has 0 saturated carbocycles. The van der Waals surface area contributed by atoms with Crippen molar-refractivity contribution in [3.05, 3.63) is 35.7 Å². The largest absolute Gasteiger partial charge is 0.491 e. The molecule has 1 N–H and O–H groups in total. The van der Waals surface area contributed by atoms with Crippen molar-refractivity contribution in [3.63, 3.8) is 0 Å². The Bertz CT molecular complexity index is 1010. The van der Waals surface area contributed by atoms with Gasteiger partial charge < -0.3 is 14.6 Å². The molecular weight excluding hydrogens is 363 g/mol. The summed E-state index contributed by atoms with van der Waals surface area (Å²) in [6, 6.07) is 5.77. The molecule has 0 aliphatic carbocycles. The Hall–Kier alpha value is -2.56. The third kappa shape index (κ3) is 3.38. The fraction of sp³-hybridized carbons (Fsp3) is 0.294. The van der Waals surface area contributed by atoms with Gasteiger partial charge in [0.15, 0.2) is 16.6 Å². The minimum absolute atomic E-state index is 0.413. The molecule has 0 spiro atoms. The van der Waals surface area contributed by atoms with Gasteiger partial charge in [-0.3, -0.25) is 0 Å². The van der Waals surface area contributed by atoms with Gasteiger partial charge in [0.25, 0.3) is 0 Å². The minimum atomic E-state index is -0.829. The first-order chi connectivity index (χ1) is 13.1. The van der Waals surface area contributed by atoms with Gasteiger partial charge in [-0.1, -0.05) is 23.5 Å². The average Bonchev–Trinajstić information content (AvgIpc) is 3.26. The van der Waals surface area contributed by atoms with Gasteiger partial charge in [0.05, 0.1) is 12.8 Å². The van der Waals surface area contributed by atoms with Gasteiger partial charge >= 0.3 is 7.12 Å². The average molecular weight is 382 g/mol. The molecule has 0 saturated heterocycles. The molecule has 27 heavy (non-hydrogen) atoms. The molecule has 3 heterocycles. The molecule has 3 aromatic rings. The summed E-state index contributed by atoms with van der Waals surface area (Å²) in [6.07, 6.45) is 3.31. The van der Waals surface area contributed by atoms with Crippen molar-refractivity contribution in [1.82, 2.24) is 15.0 Å². The first-order valence-corrected chi connectivity index (χ1v) is 9.41. The van der Waals surface area contributed by atoms with Crippen LogP contribution in [-0.4, -0.2) is 53.9 Å². The second-order valence-corrected chi connectivity index (χ2v) is 7.30. The highest BCUT2D eigenvalue weighted by Gasteiger charge is 2.26. The molecule has 8 nitrogen and oxygen atoms in total. The Kier molecular flexibility index (Phi) is 4.77. The van der Waals surface area contributed by atoms with Crippen LogP contribution in [0.4, 0.5) is 10.9 Å². The fourth-order valence-corrected chi connectivity index (χ4v) is 3.80. The molecule has 2 aromatic heterocycles. The number of hydrogen-bond acceptors (Lipinski definition) is 9. The van der Waals surface area contributed by atoms with Gasteiger partial charge in [0, 0.05) is 20.6 Å². The Morgan fingerprint density at radius 2 is 2.22 bits per heavy atom. The molecule has 0 radical (unpaired) electrons. The van der Waals surface area contributed by atoms with Gasteiger partial charge in [-0.25, -0.2) is 15.0 Å². The van der Waals surface area contributed by atoms with E-state index in [1.165, 1.54) is 6.33 Å². The predicted molar refractivity (Wildman–Crippen MR) is 109 cm³/mol. The van der Waals surface area contributed by atoms with E-state index in [4.69, 9.17) is 4.65 Å². The highest BCUT2D eigenvalue weighted by atomic mass is 32.1. The quantitative estimate of drug-likeness (QED) is 0.404. The molecular formula is C17H19BN6O2S. The monoisotopic (exact) mass is 382 g/mol. The van der Waals surface area contributed by atoms with Crippen molar-refractivity contribution >= 4 is 51.4 Å². The molecule has 0 amide bonds. The summed E-state index contributed by atoms with van der Waals surface area (Å²) in [5.74, 6) is 0.740. The maximum absolute atomic E-state index is 9.73. The number of anilines is 2. The summed E-state index contributed by atoms with van der Waals surface area (Å²) in [6.45, 7) is 3.09. The second kappa shape index (κ2) is 7.22. The lowest BCUT2D eigenvalue weighted by molar-refractivity contribution is 0.275. The smallest absolute Gasteiger partial charge is 0.423 e. The second-order valence-electron chi connectivity index (χ2n) is 6.32. The van der Waals surface area contributed by atoms with Crippen LogP contribution >= 0.6 is 11.3 Å². The zero-order valence-corrected chi connectivity index (χ0v) is 16.1. The van der Waals surface area contributed by atoms with Crippen LogP contribution in [-0.2, 0) is 11.3 Å². The van der Waals surface area contributed by atoms with Crippen LogP contribution < -0.4 is 15.4 Å². The first kappa shape index (κ1) is 17.8. The standard InChI is InChI=1S/C17H19BN6O2S/c1-4-24(16-14-15(19-10-20-16)22-17(27-14)23(2)3)21-8-11-5-6-13-12(7-11)9-26-18(13)25/h5-8,10,25H,4,9H2,1-3H3/b21-8+. The normalized spacial score (nSPS) is 13.6. The molecule has 1 aliphatic rings. The summed E-state index contributed by atoms with van der Waals surface area (Å²) in [5, 5.41) is 17.1. The van der Waals surface area contributed by atoms with Gasteiger partial charge in [0.1, 0.15) is 11.0 Å². The van der Waals surface area contributed by atoms with E-state index in [1.54, 1.807) is 17.6 Å². The highest BCUT2D eigenvalue weighted by Crippen LogP contribution is 2.32. The van der Waals surface area contributed by atoms with E-state index in [1.807, 2.05) is 49.1 Å². The molecule has 0 fully saturated rings. The number of thiazole rings is 1. The lowest BCUT2D eigenvalue weighted by atomic mass is 9.79. The van der Waals surface area contributed by atoms with Crippen molar-refractivity contribution in [2.45, 2.75) is 13.5 Å². The molecule has 10 heteroatoms. The van der Waals surface area contributed by atoms with Gasteiger partial charge in [-0.15, -0.1) is 0 Å². The maximum atomic E-state index is 9.73. The van der Waals surface area contributed by atoms with Crippen LogP contribution in [0.3, 0.4) is 0 Å². The molecule has 0 unspecified atom stereocenters. The molecule has 0 atom stereocenters. The zero-order chi connectivity index (χ0) is 19.0. The van der Waals surface area contributed by atoms with E-state index < -0.39 is 7.12 Å². The van der Waals surface area contributed by atoms with Crippen LogP contribution in [0.25, 0.3) is 10.3 Å². The molecule has 1 aromatic carbocycles. The molecule has 138 valence electrons. The van der Waals surface area contributed by atoms with E-state index in [-0.39, 0.29) is 0 Å². The van der Waals surface area contributed by atoms with Gasteiger partial charge in [0.2, 0.25) is 0 Å². The highest BCUT2D eigenvalue weighted by molar-refractivity contribution is 7.22. The van der Waals surface area contributed by atoms with Crippen LogP contribution in [0.2, 0.25) is 0 Å². The summed E-state index contributed by atoms with van der Waals surface area (Å²) in [7, 11) is 3.08. The third-order valence-corrected chi connectivity index (χ3v) is 5.47. The predicted octanol–water partition coefficient (Wildman–Crippen LogP) is 1.23. The molecule has 0 bridgehead atoms. The number of hydrazone groups is 1. The summed E-state index contributed by atoms with van der Waals surface area (Å²) in [4.78, 5) is 15.2. The number of aromatic nitrogens is 3. The van der Waals surface area contributed by atoms with Crippen LogP contribution in [0, 0.1) is 0 Å². The molecule has 4 rings (SSSR count). The van der Waals surface area contributed by atoms with Gasteiger partial charge in [-0.05, 0) is 29.6 Å². The number of fused-ring (bicyclic) bond motifs is 2.